The van der Waals surface area contributed by atoms with E-state index in [1.807, 2.05) is 0 Å². The summed E-state index contributed by atoms with van der Waals surface area (Å²) in [4.78, 5) is 20.5. The molecular weight excluding hydrogens is 485 g/mol. The van der Waals surface area contributed by atoms with Gasteiger partial charge in [-0.05, 0) is 49.7 Å². The minimum atomic E-state index is -0.500. The highest BCUT2D eigenvalue weighted by atomic mass is 19.1. The van der Waals surface area contributed by atoms with Crippen LogP contribution in [0.4, 0.5) is 15.8 Å². The van der Waals surface area contributed by atoms with E-state index < -0.39 is 5.82 Å². The van der Waals surface area contributed by atoms with Crippen LogP contribution in [0.5, 0.6) is 5.75 Å². The highest BCUT2D eigenvalue weighted by Crippen LogP contribution is 2.35. The van der Waals surface area contributed by atoms with Gasteiger partial charge in [-0.1, -0.05) is 18.2 Å². The van der Waals surface area contributed by atoms with Gasteiger partial charge < -0.3 is 14.5 Å². The zero-order chi connectivity index (χ0) is 26.2. The molecule has 9 nitrogen and oxygen atoms in total. The summed E-state index contributed by atoms with van der Waals surface area (Å²) in [5, 5.41) is 1.32. The lowest BCUT2D eigenvalue weighted by molar-refractivity contribution is -0.121. The lowest BCUT2D eigenvalue weighted by atomic mass is 9.93. The first-order valence-electron chi connectivity index (χ1n) is 13.7. The number of carbonyl (C=O) groups excluding carboxylic acids is 1. The Bertz CT molecular complexity index is 1130. The smallest absolute Gasteiger partial charge is 0.243 e. The van der Waals surface area contributed by atoms with Crippen molar-refractivity contribution in [2.75, 3.05) is 63.3 Å². The topological polar surface area (TPSA) is 75.3 Å². The van der Waals surface area contributed by atoms with Crippen LogP contribution in [0.25, 0.3) is 0 Å². The summed E-state index contributed by atoms with van der Waals surface area (Å²) in [7, 11) is 3.69. The lowest BCUT2D eigenvalue weighted by Gasteiger charge is -2.42. The Morgan fingerprint density at radius 1 is 0.947 bits per heavy atom. The van der Waals surface area contributed by atoms with Crippen molar-refractivity contribution >= 4 is 17.3 Å². The van der Waals surface area contributed by atoms with Crippen molar-refractivity contribution < 1.29 is 13.9 Å². The number of piperazine rings is 1. The summed E-state index contributed by atoms with van der Waals surface area (Å²) >= 11 is 0. The number of piperidine rings is 1. The van der Waals surface area contributed by atoms with Crippen LogP contribution in [-0.4, -0.2) is 87.3 Å². The van der Waals surface area contributed by atoms with Crippen molar-refractivity contribution in [3.05, 3.63) is 53.8 Å². The van der Waals surface area contributed by atoms with Gasteiger partial charge in [0.2, 0.25) is 5.91 Å². The van der Waals surface area contributed by atoms with Gasteiger partial charge in [0.25, 0.3) is 0 Å². The molecule has 10 heteroatoms. The SMILES string of the molecule is COc1cccc(F)c1N1NC2C(CC1=O)NNC2c1ccc(N2CCC(N3CCN(C)CC3)CC2)cc1. The van der Waals surface area contributed by atoms with Crippen molar-refractivity contribution in [2.24, 2.45) is 0 Å². The molecule has 4 aliphatic heterocycles. The number of hydrogen-bond donors (Lipinski definition) is 3. The standard InChI is InChI=1S/C28H38FN7O2/c1-33-14-16-35(17-15-33)21-10-12-34(13-11-21)20-8-6-19(7-9-20)26-27-23(30-31-26)18-25(37)36(32-27)28-22(29)4-3-5-24(28)38-2/h3-9,21,23,26-27,30-32H,10-18H2,1-2H3. The molecular formula is C28H38FN7O2. The van der Waals surface area contributed by atoms with E-state index >= 15 is 0 Å². The zero-order valence-corrected chi connectivity index (χ0v) is 22.2. The van der Waals surface area contributed by atoms with E-state index in [-0.39, 0.29) is 36.1 Å². The van der Waals surface area contributed by atoms with Crippen LogP contribution in [-0.2, 0) is 4.79 Å². The molecule has 38 heavy (non-hydrogen) atoms. The Labute approximate surface area is 223 Å². The van der Waals surface area contributed by atoms with Crippen LogP contribution >= 0.6 is 0 Å². The Morgan fingerprint density at radius 2 is 1.68 bits per heavy atom. The van der Waals surface area contributed by atoms with Crippen molar-refractivity contribution in [2.45, 2.75) is 43.4 Å². The second-order valence-corrected chi connectivity index (χ2v) is 10.9. The van der Waals surface area contributed by atoms with Gasteiger partial charge in [0.15, 0.2) is 5.82 Å². The molecule has 3 unspecified atom stereocenters. The number of hydrogen-bond acceptors (Lipinski definition) is 8. The van der Waals surface area contributed by atoms with Gasteiger partial charge in [0.05, 0.1) is 19.2 Å². The van der Waals surface area contributed by atoms with Crippen LogP contribution in [0.2, 0.25) is 0 Å². The van der Waals surface area contributed by atoms with Gasteiger partial charge >= 0.3 is 0 Å². The number of carbonyl (C=O) groups is 1. The van der Waals surface area contributed by atoms with Crippen LogP contribution in [0.1, 0.15) is 30.9 Å². The fourth-order valence-corrected chi connectivity index (χ4v) is 6.38. The molecule has 0 spiro atoms. The largest absolute Gasteiger partial charge is 0.494 e. The number of halogens is 1. The van der Waals surface area contributed by atoms with Gasteiger partial charge in [-0.2, -0.15) is 0 Å². The van der Waals surface area contributed by atoms with Gasteiger partial charge in [0, 0.05) is 63.5 Å². The van der Waals surface area contributed by atoms with E-state index in [1.54, 1.807) is 12.1 Å². The molecule has 0 saturated carbocycles. The summed E-state index contributed by atoms with van der Waals surface area (Å²) in [6.45, 7) is 6.85. The second-order valence-electron chi connectivity index (χ2n) is 10.9. The van der Waals surface area contributed by atoms with E-state index in [2.05, 4.69) is 62.3 Å². The summed E-state index contributed by atoms with van der Waals surface area (Å²) in [6, 6.07) is 13.7. The first kappa shape index (κ1) is 25.5. The number of likely N-dealkylation sites (N-methyl/N-ethyl adjacent to an activating group) is 1. The number of ether oxygens (including phenoxy) is 1. The van der Waals surface area contributed by atoms with Crippen LogP contribution in [0.15, 0.2) is 42.5 Å². The van der Waals surface area contributed by atoms with Crippen LogP contribution in [0.3, 0.4) is 0 Å². The molecule has 2 aromatic rings. The lowest BCUT2D eigenvalue weighted by Crippen LogP contribution is -2.60. The number of benzene rings is 2. The third kappa shape index (κ3) is 4.87. The maximum absolute atomic E-state index is 14.8. The normalized spacial score (nSPS) is 27.6. The number of methoxy groups -OCH3 is 1. The Hall–Kier alpha value is -2.76. The van der Waals surface area contributed by atoms with Crippen LogP contribution in [0, 0.1) is 5.82 Å². The third-order valence-corrected chi connectivity index (χ3v) is 8.67. The summed E-state index contributed by atoms with van der Waals surface area (Å²) < 4.78 is 20.1. The van der Waals surface area contributed by atoms with Gasteiger partial charge in [-0.25, -0.2) is 20.3 Å². The molecule has 0 bridgehead atoms. The predicted molar refractivity (Wildman–Crippen MR) is 146 cm³/mol. The number of rotatable bonds is 5. The monoisotopic (exact) mass is 523 g/mol. The minimum Gasteiger partial charge on any atom is -0.494 e. The first-order valence-corrected chi connectivity index (χ1v) is 13.7. The molecule has 204 valence electrons. The van der Waals surface area contributed by atoms with Crippen molar-refractivity contribution in [1.82, 2.24) is 26.1 Å². The first-order chi connectivity index (χ1) is 18.5. The highest BCUT2D eigenvalue weighted by Gasteiger charge is 2.45. The maximum Gasteiger partial charge on any atom is 0.243 e. The van der Waals surface area contributed by atoms with Gasteiger partial charge in [0.1, 0.15) is 11.4 Å². The average Bonchev–Trinajstić information content (AvgIpc) is 3.35. The predicted octanol–water partition coefficient (Wildman–Crippen LogP) is 1.88. The van der Waals surface area contributed by atoms with E-state index in [0.717, 1.165) is 18.7 Å². The Kier molecular flexibility index (Phi) is 7.24. The molecule has 2 aromatic carbocycles. The number of anilines is 2. The highest BCUT2D eigenvalue weighted by molar-refractivity contribution is 5.95. The number of fused-ring (bicyclic) bond motifs is 1. The molecule has 6 rings (SSSR count). The van der Waals surface area contributed by atoms with Crippen molar-refractivity contribution in [3.63, 3.8) is 0 Å². The summed E-state index contributed by atoms with van der Waals surface area (Å²) in [5.74, 6) is -0.389. The second kappa shape index (κ2) is 10.8. The number of para-hydroxylation sites is 1. The van der Waals surface area contributed by atoms with E-state index in [0.29, 0.717) is 11.8 Å². The Balaban J connectivity index is 1.11. The van der Waals surface area contributed by atoms with E-state index in [9.17, 15) is 9.18 Å². The third-order valence-electron chi connectivity index (χ3n) is 8.67. The molecule has 4 heterocycles. The number of hydrazine groups is 2. The summed E-state index contributed by atoms with van der Waals surface area (Å²) in [5.41, 5.74) is 12.4. The molecule has 4 aliphatic rings. The quantitative estimate of drug-likeness (QED) is 0.549. The molecule has 3 atom stereocenters. The Morgan fingerprint density at radius 3 is 2.39 bits per heavy atom. The molecule has 0 aliphatic carbocycles. The molecule has 0 aromatic heterocycles. The van der Waals surface area contributed by atoms with Crippen molar-refractivity contribution in [1.29, 1.82) is 0 Å². The molecule has 4 saturated heterocycles. The fourth-order valence-electron chi connectivity index (χ4n) is 6.38. The molecule has 3 N–H and O–H groups in total. The van der Waals surface area contributed by atoms with Gasteiger partial charge in [-0.3, -0.25) is 15.1 Å². The van der Waals surface area contributed by atoms with Crippen LogP contribution < -0.4 is 30.9 Å². The van der Waals surface area contributed by atoms with E-state index in [4.69, 9.17) is 4.74 Å². The molecule has 1 amide bonds. The molecule has 4 fully saturated rings. The average molecular weight is 524 g/mol. The zero-order valence-electron chi connectivity index (χ0n) is 22.2. The minimum absolute atomic E-state index is 0.0783. The summed E-state index contributed by atoms with van der Waals surface area (Å²) in [6.07, 6.45) is 2.66. The number of nitrogens with zero attached hydrogens (tertiary/aromatic N) is 4. The van der Waals surface area contributed by atoms with Gasteiger partial charge in [-0.15, -0.1) is 0 Å². The van der Waals surface area contributed by atoms with Crippen molar-refractivity contribution in [3.8, 4) is 5.75 Å². The maximum atomic E-state index is 14.8. The van der Waals surface area contributed by atoms with E-state index in [1.165, 1.54) is 62.9 Å². The molecule has 0 radical (unpaired) electrons. The fraction of sp³-hybridized carbons (Fsp3) is 0.536. The number of amides is 1. The number of nitrogens with one attached hydrogen (secondary N) is 3.